The Kier molecular flexibility index (Phi) is 8.41. The Bertz CT molecular complexity index is 1720. The van der Waals surface area contributed by atoms with Gasteiger partial charge in [-0.2, -0.15) is 0 Å². The summed E-state index contributed by atoms with van der Waals surface area (Å²) < 4.78 is 7.98. The second kappa shape index (κ2) is 12.7. The average Bonchev–Trinajstić information content (AvgIpc) is 3.84. The molecule has 4 heterocycles. The van der Waals surface area contributed by atoms with Crippen LogP contribution in [-0.4, -0.2) is 68.6 Å². The van der Waals surface area contributed by atoms with Crippen molar-refractivity contribution in [3.63, 3.8) is 0 Å². The molecular formula is C32H35N9O4. The van der Waals surface area contributed by atoms with Gasteiger partial charge in [-0.1, -0.05) is 18.2 Å². The maximum atomic E-state index is 13.2. The Morgan fingerprint density at radius 1 is 1.09 bits per heavy atom. The molecule has 3 aromatic heterocycles. The summed E-state index contributed by atoms with van der Waals surface area (Å²) in [4.78, 5) is 48.9. The molecule has 3 amide bonds. The number of ether oxygens (including phenoxy) is 1. The molecule has 1 aliphatic carbocycles. The zero-order valence-electron chi connectivity index (χ0n) is 25.5. The molecule has 232 valence electrons. The molecule has 1 saturated carbocycles. The first kappa shape index (κ1) is 29.7. The fourth-order valence-corrected chi connectivity index (χ4v) is 5.37. The molecule has 45 heavy (non-hydrogen) atoms. The number of hydrogen-bond acceptors (Lipinski definition) is 9. The van der Waals surface area contributed by atoms with E-state index in [1.54, 1.807) is 43.5 Å². The van der Waals surface area contributed by atoms with Gasteiger partial charge < -0.3 is 30.2 Å². The fourth-order valence-electron chi connectivity index (χ4n) is 5.37. The minimum Gasteiger partial charge on any atom is -0.494 e. The zero-order chi connectivity index (χ0) is 31.5. The summed E-state index contributed by atoms with van der Waals surface area (Å²) in [6.07, 6.45) is 8.62. The lowest BCUT2D eigenvalue weighted by molar-refractivity contribution is -0.117. The molecule has 0 bridgehead atoms. The van der Waals surface area contributed by atoms with Gasteiger partial charge in [0.05, 0.1) is 30.7 Å². The predicted octanol–water partition coefficient (Wildman–Crippen LogP) is 3.80. The summed E-state index contributed by atoms with van der Waals surface area (Å²) in [5.41, 5.74) is 3.58. The smallest absolute Gasteiger partial charge is 0.273 e. The minimum atomic E-state index is -0.442. The SMILES string of the molecule is CNC(=O)c1nnc(NC(=O)C2CC2)cc1Nc1cccc(-c2ccc(C(=O)N(C)Cc3cn4c(n3)CCCC4)nc2)c1OC. The van der Waals surface area contributed by atoms with Gasteiger partial charge >= 0.3 is 0 Å². The quantitative estimate of drug-likeness (QED) is 0.243. The Hall–Kier alpha value is -5.33. The highest BCUT2D eigenvalue weighted by Crippen LogP contribution is 2.38. The first-order valence-electron chi connectivity index (χ1n) is 15.0. The number of hydrogen-bond donors (Lipinski definition) is 3. The van der Waals surface area contributed by atoms with E-state index in [4.69, 9.17) is 9.72 Å². The molecular weight excluding hydrogens is 574 g/mol. The van der Waals surface area contributed by atoms with Crippen LogP contribution in [0.3, 0.4) is 0 Å². The lowest BCUT2D eigenvalue weighted by Gasteiger charge is -2.18. The van der Waals surface area contributed by atoms with E-state index in [9.17, 15) is 14.4 Å². The number of benzene rings is 1. The van der Waals surface area contributed by atoms with Crippen molar-refractivity contribution in [3.8, 4) is 16.9 Å². The molecule has 0 saturated heterocycles. The average molecular weight is 610 g/mol. The van der Waals surface area contributed by atoms with E-state index in [1.165, 1.54) is 7.05 Å². The summed E-state index contributed by atoms with van der Waals surface area (Å²) >= 11 is 0. The maximum Gasteiger partial charge on any atom is 0.273 e. The number of imidazole rings is 1. The van der Waals surface area contributed by atoms with Gasteiger partial charge in [-0.25, -0.2) is 4.98 Å². The summed E-state index contributed by atoms with van der Waals surface area (Å²) in [5, 5.41) is 16.7. The number of pyridine rings is 1. The van der Waals surface area contributed by atoms with E-state index < -0.39 is 5.91 Å². The van der Waals surface area contributed by atoms with Crippen LogP contribution < -0.4 is 20.7 Å². The number of methoxy groups -OCH3 is 1. The fraction of sp³-hybridized carbons (Fsp3) is 0.344. The number of rotatable bonds is 10. The summed E-state index contributed by atoms with van der Waals surface area (Å²) in [7, 11) is 4.79. The lowest BCUT2D eigenvalue weighted by Crippen LogP contribution is -2.27. The number of fused-ring (bicyclic) bond motifs is 1. The molecule has 0 atom stereocenters. The van der Waals surface area contributed by atoms with Crippen molar-refractivity contribution < 1.29 is 19.1 Å². The van der Waals surface area contributed by atoms with Crippen LogP contribution in [-0.2, 0) is 24.3 Å². The van der Waals surface area contributed by atoms with Crippen LogP contribution in [0.25, 0.3) is 11.1 Å². The third-order valence-corrected chi connectivity index (χ3v) is 7.92. The van der Waals surface area contributed by atoms with E-state index in [0.717, 1.165) is 61.3 Å². The van der Waals surface area contributed by atoms with Crippen molar-refractivity contribution in [1.29, 1.82) is 0 Å². The highest BCUT2D eigenvalue weighted by molar-refractivity contribution is 6.00. The Morgan fingerprint density at radius 3 is 2.64 bits per heavy atom. The molecule has 0 unspecified atom stereocenters. The molecule has 2 aliphatic rings. The summed E-state index contributed by atoms with van der Waals surface area (Å²) in [5.74, 6) is 1.02. The number of nitrogens with zero attached hydrogens (tertiary/aromatic N) is 6. The van der Waals surface area contributed by atoms with E-state index in [2.05, 4.69) is 35.7 Å². The van der Waals surface area contributed by atoms with Gasteiger partial charge in [0.2, 0.25) is 5.91 Å². The van der Waals surface area contributed by atoms with Crippen LogP contribution in [0.15, 0.2) is 48.8 Å². The molecule has 3 N–H and O–H groups in total. The Labute approximate surface area is 260 Å². The maximum absolute atomic E-state index is 13.2. The Balaban J connectivity index is 1.21. The number of anilines is 3. The molecule has 1 fully saturated rings. The van der Waals surface area contributed by atoms with Crippen molar-refractivity contribution in [1.82, 2.24) is 34.9 Å². The third-order valence-electron chi connectivity index (χ3n) is 7.92. The molecule has 6 rings (SSSR count). The molecule has 4 aromatic rings. The highest BCUT2D eigenvalue weighted by Gasteiger charge is 2.30. The normalized spacial score (nSPS) is 13.8. The molecule has 1 aliphatic heterocycles. The number of nitrogens with one attached hydrogen (secondary N) is 3. The van der Waals surface area contributed by atoms with Crippen molar-refractivity contribution in [2.24, 2.45) is 5.92 Å². The van der Waals surface area contributed by atoms with Crippen LogP contribution in [0.2, 0.25) is 0 Å². The first-order valence-corrected chi connectivity index (χ1v) is 15.0. The highest BCUT2D eigenvalue weighted by atomic mass is 16.5. The van der Waals surface area contributed by atoms with Gasteiger partial charge in [-0.05, 0) is 37.8 Å². The molecule has 13 nitrogen and oxygen atoms in total. The zero-order valence-corrected chi connectivity index (χ0v) is 25.5. The van der Waals surface area contributed by atoms with E-state index >= 15 is 0 Å². The van der Waals surface area contributed by atoms with Crippen LogP contribution in [0.1, 0.15) is 58.2 Å². The summed E-state index contributed by atoms with van der Waals surface area (Å²) in [6, 6.07) is 10.6. The third kappa shape index (κ3) is 6.47. The topological polar surface area (TPSA) is 156 Å². The van der Waals surface area contributed by atoms with Crippen LogP contribution in [0, 0.1) is 5.92 Å². The van der Waals surface area contributed by atoms with Gasteiger partial charge in [-0.3, -0.25) is 19.4 Å². The number of para-hydroxylation sites is 1. The lowest BCUT2D eigenvalue weighted by atomic mass is 10.0. The van der Waals surface area contributed by atoms with Gasteiger partial charge in [0.15, 0.2) is 11.5 Å². The van der Waals surface area contributed by atoms with Crippen molar-refractivity contribution in [2.45, 2.75) is 45.2 Å². The number of carbonyl (C=O) groups is 3. The molecule has 1 aromatic carbocycles. The van der Waals surface area contributed by atoms with Crippen LogP contribution >= 0.6 is 0 Å². The second-order valence-electron chi connectivity index (χ2n) is 11.2. The van der Waals surface area contributed by atoms with Crippen molar-refractivity contribution >= 4 is 34.9 Å². The monoisotopic (exact) mass is 609 g/mol. The number of aromatic nitrogens is 5. The molecule has 0 spiro atoms. The van der Waals surface area contributed by atoms with Gasteiger partial charge in [0, 0.05) is 62.6 Å². The van der Waals surface area contributed by atoms with E-state index in [1.807, 2.05) is 24.4 Å². The first-order chi connectivity index (χ1) is 21.8. The number of carbonyl (C=O) groups excluding carboxylic acids is 3. The van der Waals surface area contributed by atoms with Crippen LogP contribution in [0.5, 0.6) is 5.75 Å². The second-order valence-corrected chi connectivity index (χ2v) is 11.2. The van der Waals surface area contributed by atoms with Crippen LogP contribution in [0.4, 0.5) is 17.2 Å². The predicted molar refractivity (Wildman–Crippen MR) is 167 cm³/mol. The molecule has 0 radical (unpaired) electrons. The number of amides is 3. The van der Waals surface area contributed by atoms with Crippen molar-refractivity contribution in [2.75, 3.05) is 31.8 Å². The Morgan fingerprint density at radius 2 is 1.93 bits per heavy atom. The van der Waals surface area contributed by atoms with Gasteiger partial charge in [0.1, 0.15) is 17.3 Å². The van der Waals surface area contributed by atoms with Crippen molar-refractivity contribution in [3.05, 3.63) is 71.7 Å². The summed E-state index contributed by atoms with van der Waals surface area (Å²) in [6.45, 7) is 1.37. The van der Waals surface area contributed by atoms with E-state index in [0.29, 0.717) is 29.4 Å². The standard InChI is InChI=1S/C32H35N9O4/c1-33-31(43)28-25(15-26(38-39-28)37-30(42)19-10-11-19)36-23-8-6-7-22(29(23)45-3)20-12-13-24(34-16-20)32(44)40(2)17-21-18-41-14-5-4-9-27(41)35-21/h6-8,12-13,15-16,18-19H,4-5,9-11,14,17H2,1-3H3,(H,33,43)(H2,36,37,38,42). The largest absolute Gasteiger partial charge is 0.494 e. The van der Waals surface area contributed by atoms with E-state index in [-0.39, 0.29) is 29.2 Å². The number of aryl methyl sites for hydroxylation is 2. The van der Waals surface area contributed by atoms with Gasteiger partial charge in [0.25, 0.3) is 11.8 Å². The minimum absolute atomic E-state index is 0.0175. The van der Waals surface area contributed by atoms with Gasteiger partial charge in [-0.15, -0.1) is 10.2 Å². The molecule has 13 heteroatoms.